The lowest BCUT2D eigenvalue weighted by Gasteiger charge is -2.29. The molecule has 0 aromatic carbocycles. The molecular weight excluding hydrogens is 250 g/mol. The van der Waals surface area contributed by atoms with Gasteiger partial charge in [0, 0.05) is 12.7 Å². The molecule has 2 rings (SSSR count). The Morgan fingerprint density at radius 1 is 1.61 bits per heavy atom. The molecule has 0 saturated carbocycles. The summed E-state index contributed by atoms with van der Waals surface area (Å²) >= 11 is 1.42. The van der Waals surface area contributed by atoms with Crippen molar-refractivity contribution in [1.82, 2.24) is 15.0 Å². The molecular formula is C12H19N3O2S. The maximum atomic E-state index is 11.9. The number of alkyl carbamates (subject to hydrolysis) is 1. The lowest BCUT2D eigenvalue weighted by molar-refractivity contribution is 0.0463. The Labute approximate surface area is 111 Å². The number of ether oxygens (including phenoxy) is 1. The molecule has 0 spiro atoms. The highest BCUT2D eigenvalue weighted by Crippen LogP contribution is 2.30. The summed E-state index contributed by atoms with van der Waals surface area (Å²) in [4.78, 5) is 13.0. The monoisotopic (exact) mass is 269 g/mol. The fraction of sp³-hybridized carbons (Fsp3) is 0.667. The van der Waals surface area contributed by atoms with Crippen LogP contribution in [0, 0.1) is 0 Å². The predicted octanol–water partition coefficient (Wildman–Crippen LogP) is 1.86. The minimum Gasteiger partial charge on any atom is -0.444 e. The number of aromatic nitrogens is 1. The first kappa shape index (κ1) is 13.3. The number of carbonyl (C=O) groups is 1. The van der Waals surface area contributed by atoms with E-state index in [0.29, 0.717) is 6.54 Å². The first-order valence-electron chi connectivity index (χ1n) is 6.04. The van der Waals surface area contributed by atoms with Gasteiger partial charge in [-0.2, -0.15) is 0 Å². The molecule has 1 atom stereocenters. The predicted molar refractivity (Wildman–Crippen MR) is 70.6 cm³/mol. The molecule has 2 N–H and O–H groups in total. The summed E-state index contributed by atoms with van der Waals surface area (Å²) < 4.78 is 9.44. The Bertz CT molecular complexity index is 405. The second-order valence-electron chi connectivity index (χ2n) is 5.51. The Balaban J connectivity index is 2.10. The third-order valence-corrected chi connectivity index (χ3v) is 3.76. The summed E-state index contributed by atoms with van der Waals surface area (Å²) in [5.74, 6) is 0. The quantitative estimate of drug-likeness (QED) is 0.860. The average Bonchev–Trinajstić information content (AvgIpc) is 2.82. The van der Waals surface area contributed by atoms with Crippen LogP contribution in [0.3, 0.4) is 0 Å². The molecule has 6 heteroatoms. The van der Waals surface area contributed by atoms with Crippen LogP contribution in [-0.4, -0.2) is 29.2 Å². The molecule has 5 nitrogen and oxygen atoms in total. The molecule has 1 saturated heterocycles. The van der Waals surface area contributed by atoms with Crippen LogP contribution in [0.2, 0.25) is 0 Å². The zero-order valence-corrected chi connectivity index (χ0v) is 11.8. The van der Waals surface area contributed by atoms with Crippen LogP contribution < -0.4 is 10.6 Å². The number of nitrogens with zero attached hydrogens (tertiary/aromatic N) is 1. The van der Waals surface area contributed by atoms with E-state index < -0.39 is 5.60 Å². The van der Waals surface area contributed by atoms with Crippen molar-refractivity contribution in [3.8, 4) is 0 Å². The standard InChI is InChI=1S/C12H19N3O2S/c1-11(2,3)17-10(16)15-12(5-7-13-8-12)9-4-6-14-18-9/h4,6,13H,5,7-8H2,1-3H3,(H,15,16). The van der Waals surface area contributed by atoms with Gasteiger partial charge in [0.2, 0.25) is 0 Å². The van der Waals surface area contributed by atoms with Crippen molar-refractivity contribution in [2.45, 2.75) is 38.3 Å². The van der Waals surface area contributed by atoms with Gasteiger partial charge in [-0.25, -0.2) is 9.17 Å². The average molecular weight is 269 g/mol. The summed E-state index contributed by atoms with van der Waals surface area (Å²) in [5, 5.41) is 6.28. The third-order valence-electron chi connectivity index (χ3n) is 2.81. The van der Waals surface area contributed by atoms with Crippen molar-refractivity contribution in [3.63, 3.8) is 0 Å². The van der Waals surface area contributed by atoms with Gasteiger partial charge in [0.05, 0.1) is 10.4 Å². The zero-order chi connectivity index (χ0) is 13.2. The molecule has 100 valence electrons. The summed E-state index contributed by atoms with van der Waals surface area (Å²) in [6.07, 6.45) is 2.24. The molecule has 0 radical (unpaired) electrons. The zero-order valence-electron chi connectivity index (χ0n) is 10.9. The first-order valence-corrected chi connectivity index (χ1v) is 6.82. The van der Waals surface area contributed by atoms with Crippen LogP contribution in [0.4, 0.5) is 4.79 Å². The fourth-order valence-electron chi connectivity index (χ4n) is 2.03. The van der Waals surface area contributed by atoms with Crippen LogP contribution in [-0.2, 0) is 10.3 Å². The van der Waals surface area contributed by atoms with E-state index in [-0.39, 0.29) is 11.6 Å². The molecule has 0 bridgehead atoms. The second kappa shape index (κ2) is 4.85. The van der Waals surface area contributed by atoms with Crippen LogP contribution in [0.5, 0.6) is 0 Å². The Hall–Kier alpha value is -1.14. The topological polar surface area (TPSA) is 63.2 Å². The molecule has 1 amide bonds. The van der Waals surface area contributed by atoms with Gasteiger partial charge in [-0.1, -0.05) is 0 Å². The van der Waals surface area contributed by atoms with Gasteiger partial charge in [-0.3, -0.25) is 0 Å². The Morgan fingerprint density at radius 2 is 2.39 bits per heavy atom. The fourth-order valence-corrected chi connectivity index (χ4v) is 2.79. The van der Waals surface area contributed by atoms with Gasteiger partial charge >= 0.3 is 6.09 Å². The van der Waals surface area contributed by atoms with Gasteiger partial charge in [-0.05, 0) is 51.3 Å². The number of amides is 1. The van der Waals surface area contributed by atoms with Crippen LogP contribution in [0.1, 0.15) is 32.1 Å². The lowest BCUT2D eigenvalue weighted by atomic mass is 9.97. The highest BCUT2D eigenvalue weighted by Gasteiger charge is 2.39. The molecule has 0 aliphatic carbocycles. The molecule has 1 aromatic heterocycles. The maximum Gasteiger partial charge on any atom is 0.408 e. The molecule has 1 aliphatic rings. The maximum absolute atomic E-state index is 11.9. The van der Waals surface area contributed by atoms with E-state index in [4.69, 9.17) is 4.74 Å². The molecule has 2 heterocycles. The van der Waals surface area contributed by atoms with Gasteiger partial charge in [-0.15, -0.1) is 0 Å². The van der Waals surface area contributed by atoms with E-state index in [0.717, 1.165) is 17.8 Å². The number of hydrogen-bond acceptors (Lipinski definition) is 5. The van der Waals surface area contributed by atoms with Crippen molar-refractivity contribution >= 4 is 17.6 Å². The van der Waals surface area contributed by atoms with Gasteiger partial charge < -0.3 is 15.4 Å². The number of hydrogen-bond donors (Lipinski definition) is 2. The molecule has 18 heavy (non-hydrogen) atoms. The van der Waals surface area contributed by atoms with Gasteiger partial charge in [0.15, 0.2) is 0 Å². The van der Waals surface area contributed by atoms with Crippen molar-refractivity contribution in [2.24, 2.45) is 0 Å². The summed E-state index contributed by atoms with van der Waals surface area (Å²) in [6, 6.07) is 1.95. The van der Waals surface area contributed by atoms with Crippen molar-refractivity contribution < 1.29 is 9.53 Å². The van der Waals surface area contributed by atoms with E-state index in [2.05, 4.69) is 15.0 Å². The van der Waals surface area contributed by atoms with Crippen LogP contribution in [0.25, 0.3) is 0 Å². The van der Waals surface area contributed by atoms with E-state index in [1.807, 2.05) is 26.8 Å². The van der Waals surface area contributed by atoms with Crippen LogP contribution >= 0.6 is 11.5 Å². The normalized spacial score (nSPS) is 23.9. The van der Waals surface area contributed by atoms with Crippen LogP contribution in [0.15, 0.2) is 12.3 Å². The van der Waals surface area contributed by atoms with E-state index in [1.165, 1.54) is 11.5 Å². The van der Waals surface area contributed by atoms with Gasteiger partial charge in [0.1, 0.15) is 5.60 Å². The Kier molecular flexibility index (Phi) is 3.59. The van der Waals surface area contributed by atoms with E-state index in [1.54, 1.807) is 6.20 Å². The van der Waals surface area contributed by atoms with Crippen molar-refractivity contribution in [1.29, 1.82) is 0 Å². The first-order chi connectivity index (χ1) is 8.41. The van der Waals surface area contributed by atoms with E-state index in [9.17, 15) is 4.79 Å². The number of rotatable bonds is 2. The summed E-state index contributed by atoms with van der Waals surface area (Å²) in [5.41, 5.74) is -0.853. The second-order valence-corrected chi connectivity index (χ2v) is 6.35. The number of carbonyl (C=O) groups excluding carboxylic acids is 1. The van der Waals surface area contributed by atoms with Crippen molar-refractivity contribution in [3.05, 3.63) is 17.1 Å². The highest BCUT2D eigenvalue weighted by molar-refractivity contribution is 7.05. The van der Waals surface area contributed by atoms with Crippen molar-refractivity contribution in [2.75, 3.05) is 13.1 Å². The number of nitrogens with one attached hydrogen (secondary N) is 2. The van der Waals surface area contributed by atoms with Gasteiger partial charge in [0.25, 0.3) is 0 Å². The minimum atomic E-state index is -0.481. The summed E-state index contributed by atoms with van der Waals surface area (Å²) in [6.45, 7) is 7.18. The SMILES string of the molecule is CC(C)(C)OC(=O)NC1(c2ccns2)CCNC1. The minimum absolute atomic E-state index is 0.372. The largest absolute Gasteiger partial charge is 0.444 e. The smallest absolute Gasteiger partial charge is 0.408 e. The molecule has 1 unspecified atom stereocenters. The summed E-state index contributed by atoms with van der Waals surface area (Å²) in [7, 11) is 0. The molecule has 1 fully saturated rings. The highest BCUT2D eigenvalue weighted by atomic mass is 32.1. The molecule has 1 aromatic rings. The Morgan fingerprint density at radius 3 is 2.89 bits per heavy atom. The third kappa shape index (κ3) is 3.00. The lowest BCUT2D eigenvalue weighted by Crippen LogP contribution is -2.48. The van der Waals surface area contributed by atoms with E-state index >= 15 is 0 Å². The molecule has 1 aliphatic heterocycles.